The maximum absolute atomic E-state index is 11.2. The molecule has 0 aromatic heterocycles. The molecule has 1 aromatic rings. The van der Waals surface area contributed by atoms with E-state index in [1.54, 1.807) is 12.1 Å². The van der Waals surface area contributed by atoms with E-state index < -0.39 is 9.84 Å². The summed E-state index contributed by atoms with van der Waals surface area (Å²) in [6.45, 7) is 2.08. The highest BCUT2D eigenvalue weighted by atomic mass is 35.5. The normalized spacial score (nSPS) is 13.8. The number of hydrogen-bond donors (Lipinski definition) is 0. The van der Waals surface area contributed by atoms with Gasteiger partial charge in [-0.2, -0.15) is 0 Å². The van der Waals surface area contributed by atoms with Crippen molar-refractivity contribution in [1.29, 1.82) is 0 Å². The predicted molar refractivity (Wildman–Crippen MR) is 63.3 cm³/mol. The van der Waals surface area contributed by atoms with Crippen molar-refractivity contribution < 1.29 is 8.42 Å². The van der Waals surface area contributed by atoms with Crippen LogP contribution in [-0.4, -0.2) is 20.6 Å². The maximum Gasteiger partial charge on any atom is 0.175 e. The highest BCUT2D eigenvalue weighted by Crippen LogP contribution is 2.21. The lowest BCUT2D eigenvalue weighted by Gasteiger charge is -2.10. The van der Waals surface area contributed by atoms with Gasteiger partial charge in [0, 0.05) is 12.1 Å². The van der Waals surface area contributed by atoms with Crippen molar-refractivity contribution >= 4 is 21.4 Å². The summed E-state index contributed by atoms with van der Waals surface area (Å²) in [5, 5.41) is 0. The van der Waals surface area contributed by atoms with Gasteiger partial charge in [0.1, 0.15) is 0 Å². The number of rotatable bonds is 4. The number of hydrogen-bond acceptors (Lipinski definition) is 2. The fraction of sp³-hybridized carbons (Fsp3) is 0.455. The molecule has 0 amide bonds. The van der Waals surface area contributed by atoms with Crippen LogP contribution >= 0.6 is 11.6 Å². The van der Waals surface area contributed by atoms with Gasteiger partial charge >= 0.3 is 0 Å². The van der Waals surface area contributed by atoms with Gasteiger partial charge in [0.15, 0.2) is 9.84 Å². The molecule has 0 bridgehead atoms. The molecule has 0 fully saturated rings. The molecule has 1 rings (SSSR count). The van der Waals surface area contributed by atoms with Crippen LogP contribution in [0.15, 0.2) is 29.2 Å². The molecule has 2 nitrogen and oxygen atoms in total. The number of benzene rings is 1. The van der Waals surface area contributed by atoms with Crippen LogP contribution in [0.3, 0.4) is 0 Å². The van der Waals surface area contributed by atoms with Crippen LogP contribution < -0.4 is 0 Å². The minimum atomic E-state index is -3.08. The molecule has 1 aromatic carbocycles. The highest BCUT2D eigenvalue weighted by molar-refractivity contribution is 7.90. The van der Waals surface area contributed by atoms with E-state index in [0.29, 0.717) is 16.7 Å². The van der Waals surface area contributed by atoms with Crippen LogP contribution in [0.4, 0.5) is 0 Å². The third kappa shape index (κ3) is 3.50. The van der Waals surface area contributed by atoms with Crippen molar-refractivity contribution in [2.45, 2.75) is 24.2 Å². The van der Waals surface area contributed by atoms with Crippen LogP contribution in [0.5, 0.6) is 0 Å². The summed E-state index contributed by atoms with van der Waals surface area (Å²) in [6.07, 6.45) is 2.12. The van der Waals surface area contributed by atoms with Crippen molar-refractivity contribution in [1.82, 2.24) is 0 Å². The van der Waals surface area contributed by atoms with Gasteiger partial charge in [0.25, 0.3) is 0 Å². The second-order valence-corrected chi connectivity index (χ2v) is 6.11. The fourth-order valence-corrected chi connectivity index (χ4v) is 2.33. The lowest BCUT2D eigenvalue weighted by molar-refractivity contribution is 0.601. The minimum Gasteiger partial charge on any atom is -0.224 e. The zero-order chi connectivity index (χ0) is 11.5. The van der Waals surface area contributed by atoms with E-state index in [0.717, 1.165) is 12.0 Å². The van der Waals surface area contributed by atoms with Crippen LogP contribution in [0.2, 0.25) is 0 Å². The molecule has 1 atom stereocenters. The molecule has 15 heavy (non-hydrogen) atoms. The molecule has 0 aliphatic heterocycles. The predicted octanol–water partition coefficient (Wildman–Crippen LogP) is 2.82. The Bertz CT molecular complexity index is 409. The average Bonchev–Trinajstić information content (AvgIpc) is 2.17. The largest absolute Gasteiger partial charge is 0.224 e. The van der Waals surface area contributed by atoms with Crippen LogP contribution in [0.25, 0.3) is 0 Å². The quantitative estimate of drug-likeness (QED) is 0.766. The molecule has 0 N–H and O–H groups in total. The van der Waals surface area contributed by atoms with E-state index in [9.17, 15) is 8.42 Å². The monoisotopic (exact) mass is 246 g/mol. The molecule has 0 saturated heterocycles. The minimum absolute atomic E-state index is 0.365. The Morgan fingerprint density at radius 1 is 1.27 bits per heavy atom. The maximum atomic E-state index is 11.2. The highest BCUT2D eigenvalue weighted by Gasteiger charge is 2.08. The SMILES string of the molecule is CC(CCCl)c1ccc(S(C)(=O)=O)cc1. The molecule has 0 aliphatic carbocycles. The molecule has 84 valence electrons. The van der Waals surface area contributed by atoms with Crippen molar-refractivity contribution in [3.8, 4) is 0 Å². The number of halogens is 1. The Hall–Kier alpha value is -0.540. The fourth-order valence-electron chi connectivity index (χ4n) is 1.37. The molecular weight excluding hydrogens is 232 g/mol. The summed E-state index contributed by atoms with van der Waals surface area (Å²) >= 11 is 5.65. The van der Waals surface area contributed by atoms with Crippen molar-refractivity contribution in [2.24, 2.45) is 0 Å². The van der Waals surface area contributed by atoms with Crippen molar-refractivity contribution in [2.75, 3.05) is 12.1 Å². The number of alkyl halides is 1. The first-order valence-electron chi connectivity index (χ1n) is 4.81. The van der Waals surface area contributed by atoms with E-state index in [-0.39, 0.29) is 0 Å². The van der Waals surface area contributed by atoms with E-state index in [1.807, 2.05) is 12.1 Å². The third-order valence-electron chi connectivity index (χ3n) is 2.42. The smallest absolute Gasteiger partial charge is 0.175 e. The first-order chi connectivity index (χ1) is 6.95. The van der Waals surface area contributed by atoms with Gasteiger partial charge in [0.2, 0.25) is 0 Å². The van der Waals surface area contributed by atoms with Gasteiger partial charge in [-0.3, -0.25) is 0 Å². The molecule has 0 aliphatic rings. The molecule has 4 heteroatoms. The summed E-state index contributed by atoms with van der Waals surface area (Å²) in [7, 11) is -3.08. The molecule has 1 unspecified atom stereocenters. The van der Waals surface area contributed by atoms with Crippen molar-refractivity contribution in [3.63, 3.8) is 0 Å². The summed E-state index contributed by atoms with van der Waals surface area (Å²) in [4.78, 5) is 0.365. The Morgan fingerprint density at radius 2 is 1.80 bits per heavy atom. The van der Waals surface area contributed by atoms with Gasteiger partial charge < -0.3 is 0 Å². The molecule has 0 saturated carbocycles. The zero-order valence-corrected chi connectivity index (χ0v) is 10.5. The van der Waals surface area contributed by atoms with Crippen LogP contribution in [0.1, 0.15) is 24.8 Å². The van der Waals surface area contributed by atoms with Crippen molar-refractivity contribution in [3.05, 3.63) is 29.8 Å². The summed E-state index contributed by atoms with van der Waals surface area (Å²) < 4.78 is 22.4. The van der Waals surface area contributed by atoms with E-state index >= 15 is 0 Å². The first kappa shape index (κ1) is 12.5. The summed E-state index contributed by atoms with van der Waals surface area (Å²) in [5.74, 6) is 0.991. The molecule has 0 spiro atoms. The van der Waals surface area contributed by atoms with Gasteiger partial charge in [-0.25, -0.2) is 8.42 Å². The topological polar surface area (TPSA) is 34.1 Å². The van der Waals surface area contributed by atoms with Gasteiger partial charge in [-0.15, -0.1) is 11.6 Å². The second-order valence-electron chi connectivity index (χ2n) is 3.72. The lowest BCUT2D eigenvalue weighted by atomic mass is 9.99. The first-order valence-corrected chi connectivity index (χ1v) is 7.23. The summed E-state index contributed by atoms with van der Waals surface area (Å²) in [6, 6.07) is 7.01. The lowest BCUT2D eigenvalue weighted by Crippen LogP contribution is -1.99. The van der Waals surface area contributed by atoms with Crippen LogP contribution in [0, 0.1) is 0 Å². The Kier molecular flexibility index (Phi) is 4.17. The van der Waals surface area contributed by atoms with E-state index in [2.05, 4.69) is 6.92 Å². The standard InChI is InChI=1S/C11H15ClO2S/c1-9(7-8-12)10-3-5-11(6-4-10)15(2,13)14/h3-6,9H,7-8H2,1-2H3. The zero-order valence-electron chi connectivity index (χ0n) is 8.90. The molecule has 0 heterocycles. The van der Waals surface area contributed by atoms with Crippen LogP contribution in [-0.2, 0) is 9.84 Å². The van der Waals surface area contributed by atoms with E-state index in [1.165, 1.54) is 6.26 Å². The Morgan fingerprint density at radius 3 is 2.20 bits per heavy atom. The Balaban J connectivity index is 2.90. The molecular formula is C11H15ClO2S. The van der Waals surface area contributed by atoms with Gasteiger partial charge in [0.05, 0.1) is 4.90 Å². The molecule has 0 radical (unpaired) electrons. The summed E-state index contributed by atoms with van der Waals surface area (Å²) in [5.41, 5.74) is 1.13. The second kappa shape index (κ2) is 4.99. The Labute approximate surface area is 96.2 Å². The van der Waals surface area contributed by atoms with E-state index in [4.69, 9.17) is 11.6 Å². The van der Waals surface area contributed by atoms with Gasteiger partial charge in [-0.1, -0.05) is 19.1 Å². The number of sulfone groups is 1. The van der Waals surface area contributed by atoms with Gasteiger partial charge in [-0.05, 0) is 30.0 Å². The average molecular weight is 247 g/mol. The third-order valence-corrected chi connectivity index (χ3v) is 3.77.